The van der Waals surface area contributed by atoms with Crippen LogP contribution in [0.2, 0.25) is 0 Å². The summed E-state index contributed by atoms with van der Waals surface area (Å²) in [5.41, 5.74) is 3.18. The van der Waals surface area contributed by atoms with E-state index >= 15 is 0 Å². The number of amides is 3. The first-order valence-corrected chi connectivity index (χ1v) is 12.5. The number of nitrogens with one attached hydrogen (secondary N) is 2. The minimum atomic E-state index is -0.171. The lowest BCUT2D eigenvalue weighted by Crippen LogP contribution is -2.41. The van der Waals surface area contributed by atoms with Crippen molar-refractivity contribution >= 4 is 46.8 Å². The lowest BCUT2D eigenvalue weighted by atomic mass is 10.1. The first-order chi connectivity index (χ1) is 15.5. The van der Waals surface area contributed by atoms with E-state index in [0.717, 1.165) is 16.1 Å². The number of thioether (sulfide) groups is 2. The number of urea groups is 1. The molecular formula is C25H25N3O2S2. The van der Waals surface area contributed by atoms with Crippen molar-refractivity contribution in [1.82, 2.24) is 5.32 Å². The van der Waals surface area contributed by atoms with Crippen LogP contribution in [0.1, 0.15) is 22.8 Å². The molecule has 0 radical (unpaired) electrons. The molecule has 3 aromatic carbocycles. The van der Waals surface area contributed by atoms with Crippen LogP contribution in [-0.2, 0) is 6.54 Å². The summed E-state index contributed by atoms with van der Waals surface area (Å²) >= 11 is 3.47. The number of carbonyl (C=O) groups excluding carboxylic acids is 2. The molecule has 0 unspecified atom stereocenters. The molecule has 4 rings (SSSR count). The van der Waals surface area contributed by atoms with E-state index < -0.39 is 0 Å². The van der Waals surface area contributed by atoms with Gasteiger partial charge in [0, 0.05) is 39.4 Å². The molecule has 0 bridgehead atoms. The predicted molar refractivity (Wildman–Crippen MR) is 134 cm³/mol. The number of hydrogen-bond acceptors (Lipinski definition) is 4. The summed E-state index contributed by atoms with van der Waals surface area (Å²) < 4.78 is 0. The molecule has 2 N–H and O–H groups in total. The van der Waals surface area contributed by atoms with Crippen molar-refractivity contribution in [2.45, 2.75) is 28.5 Å². The number of carbonyl (C=O) groups is 2. The molecule has 0 aromatic heterocycles. The summed E-state index contributed by atoms with van der Waals surface area (Å²) in [6, 6.07) is 22.9. The molecule has 32 heavy (non-hydrogen) atoms. The maximum atomic E-state index is 12.9. The predicted octanol–water partition coefficient (Wildman–Crippen LogP) is 5.87. The van der Waals surface area contributed by atoms with Crippen molar-refractivity contribution in [3.8, 4) is 0 Å². The monoisotopic (exact) mass is 463 g/mol. The second-order valence-corrected chi connectivity index (χ2v) is 9.90. The zero-order valence-corrected chi connectivity index (χ0v) is 19.6. The first kappa shape index (κ1) is 22.3. The van der Waals surface area contributed by atoms with Gasteiger partial charge in [0.05, 0.1) is 5.69 Å². The van der Waals surface area contributed by atoms with Crippen LogP contribution < -0.4 is 15.5 Å². The Balaban J connectivity index is 1.36. The number of fused-ring (bicyclic) bond motifs is 1. The van der Waals surface area contributed by atoms with Crippen molar-refractivity contribution in [2.75, 3.05) is 23.0 Å². The molecule has 1 aliphatic rings. The molecule has 164 valence electrons. The highest BCUT2D eigenvalue weighted by molar-refractivity contribution is 8.00. The minimum absolute atomic E-state index is 0.146. The van der Waals surface area contributed by atoms with E-state index in [-0.39, 0.29) is 11.9 Å². The Kier molecular flexibility index (Phi) is 7.07. The van der Waals surface area contributed by atoms with Crippen LogP contribution in [-0.4, -0.2) is 30.0 Å². The molecule has 0 fully saturated rings. The number of benzene rings is 3. The van der Waals surface area contributed by atoms with Gasteiger partial charge in [-0.05, 0) is 60.4 Å². The molecule has 3 amide bonds. The van der Waals surface area contributed by atoms with Gasteiger partial charge in [-0.2, -0.15) is 0 Å². The minimum Gasteiger partial charge on any atom is -0.348 e. The summed E-state index contributed by atoms with van der Waals surface area (Å²) in [6.07, 6.45) is 2.04. The summed E-state index contributed by atoms with van der Waals surface area (Å²) in [6.45, 7) is 3.23. The largest absolute Gasteiger partial charge is 0.348 e. The van der Waals surface area contributed by atoms with Gasteiger partial charge in [0.2, 0.25) is 0 Å². The third-order valence-electron chi connectivity index (χ3n) is 5.18. The van der Waals surface area contributed by atoms with Gasteiger partial charge in [-0.3, -0.25) is 9.69 Å². The van der Waals surface area contributed by atoms with Crippen molar-refractivity contribution < 1.29 is 9.59 Å². The van der Waals surface area contributed by atoms with Gasteiger partial charge in [-0.15, -0.1) is 23.5 Å². The third kappa shape index (κ3) is 5.29. The van der Waals surface area contributed by atoms with E-state index in [2.05, 4.69) is 17.6 Å². The molecule has 0 spiro atoms. The molecule has 0 saturated heterocycles. The lowest BCUT2D eigenvalue weighted by molar-refractivity contribution is 0.0951. The molecule has 1 atom stereocenters. The quantitative estimate of drug-likeness (QED) is 0.465. The van der Waals surface area contributed by atoms with Crippen molar-refractivity contribution in [3.05, 3.63) is 83.9 Å². The summed E-state index contributed by atoms with van der Waals surface area (Å²) in [4.78, 5) is 29.5. The van der Waals surface area contributed by atoms with Gasteiger partial charge in [0.1, 0.15) is 0 Å². The molecule has 3 aromatic rings. The van der Waals surface area contributed by atoms with Gasteiger partial charge in [0.25, 0.3) is 5.91 Å². The molecular weight excluding hydrogens is 438 g/mol. The van der Waals surface area contributed by atoms with Crippen LogP contribution >= 0.6 is 23.5 Å². The fourth-order valence-corrected chi connectivity index (χ4v) is 5.03. The van der Waals surface area contributed by atoms with Gasteiger partial charge in [-0.1, -0.05) is 31.2 Å². The number of hydrogen-bond donors (Lipinski definition) is 2. The Labute approximate surface area is 197 Å². The van der Waals surface area contributed by atoms with E-state index in [4.69, 9.17) is 0 Å². The standard InChI is InChI=1S/C25H25N3O2S2/c1-17-16-28(22-5-3-4-6-23(22)32-17)25(30)27-20-11-9-19(10-12-20)24(29)26-15-18-7-13-21(31-2)14-8-18/h3-14,17H,15-16H2,1-2H3,(H,26,29)(H,27,30)/t17-/m1/s1. The van der Waals surface area contributed by atoms with E-state index in [0.29, 0.717) is 29.6 Å². The summed E-state index contributed by atoms with van der Waals surface area (Å²) in [7, 11) is 0. The Morgan fingerprint density at radius 1 is 1.03 bits per heavy atom. The zero-order valence-electron chi connectivity index (χ0n) is 18.0. The maximum Gasteiger partial charge on any atom is 0.326 e. The van der Waals surface area contributed by atoms with Crippen LogP contribution in [0.25, 0.3) is 0 Å². The average molecular weight is 464 g/mol. The van der Waals surface area contributed by atoms with Gasteiger partial charge in [-0.25, -0.2) is 4.79 Å². The van der Waals surface area contributed by atoms with Crippen LogP contribution in [0.15, 0.2) is 82.6 Å². The second-order valence-electron chi connectivity index (χ2n) is 7.55. The molecule has 1 aliphatic heterocycles. The number of anilines is 2. The molecule has 0 saturated carbocycles. The zero-order chi connectivity index (χ0) is 22.5. The highest BCUT2D eigenvalue weighted by Crippen LogP contribution is 2.38. The highest BCUT2D eigenvalue weighted by atomic mass is 32.2. The SMILES string of the molecule is CSc1ccc(CNC(=O)c2ccc(NC(=O)N3C[C@@H](C)Sc4ccccc43)cc2)cc1. The summed E-state index contributed by atoms with van der Waals surface area (Å²) in [5, 5.41) is 6.21. The Morgan fingerprint density at radius 3 is 2.47 bits per heavy atom. The lowest BCUT2D eigenvalue weighted by Gasteiger charge is -2.32. The third-order valence-corrected chi connectivity index (χ3v) is 7.07. The molecule has 5 nitrogen and oxygen atoms in total. The molecule has 7 heteroatoms. The normalized spacial score (nSPS) is 15.1. The van der Waals surface area contributed by atoms with Crippen LogP contribution in [0, 0.1) is 0 Å². The van der Waals surface area contributed by atoms with Gasteiger partial charge in [0.15, 0.2) is 0 Å². The number of para-hydroxylation sites is 1. The fraction of sp³-hybridized carbons (Fsp3) is 0.200. The van der Waals surface area contributed by atoms with Crippen molar-refractivity contribution in [2.24, 2.45) is 0 Å². The summed E-state index contributed by atoms with van der Waals surface area (Å²) in [5.74, 6) is -0.146. The Hall–Kier alpha value is -2.90. The van der Waals surface area contributed by atoms with E-state index in [1.165, 1.54) is 4.90 Å². The van der Waals surface area contributed by atoms with Crippen molar-refractivity contribution in [1.29, 1.82) is 0 Å². The van der Waals surface area contributed by atoms with E-state index in [1.54, 1.807) is 52.7 Å². The highest BCUT2D eigenvalue weighted by Gasteiger charge is 2.26. The first-order valence-electron chi connectivity index (χ1n) is 10.4. The van der Waals surface area contributed by atoms with E-state index in [9.17, 15) is 9.59 Å². The topological polar surface area (TPSA) is 61.4 Å². The second kappa shape index (κ2) is 10.1. The maximum absolute atomic E-state index is 12.9. The molecule has 0 aliphatic carbocycles. The van der Waals surface area contributed by atoms with Crippen LogP contribution in [0.5, 0.6) is 0 Å². The Morgan fingerprint density at radius 2 is 1.75 bits per heavy atom. The van der Waals surface area contributed by atoms with E-state index in [1.807, 2.05) is 54.8 Å². The Bertz CT molecular complexity index is 1100. The number of rotatable bonds is 5. The number of nitrogens with zero attached hydrogens (tertiary/aromatic N) is 1. The smallest absolute Gasteiger partial charge is 0.326 e. The van der Waals surface area contributed by atoms with Crippen LogP contribution in [0.3, 0.4) is 0 Å². The van der Waals surface area contributed by atoms with Gasteiger partial charge >= 0.3 is 6.03 Å². The van der Waals surface area contributed by atoms with Gasteiger partial charge < -0.3 is 10.6 Å². The fourth-order valence-electron chi connectivity index (χ4n) is 3.51. The average Bonchev–Trinajstić information content (AvgIpc) is 2.82. The van der Waals surface area contributed by atoms with Crippen LogP contribution in [0.4, 0.5) is 16.2 Å². The molecule has 1 heterocycles. The van der Waals surface area contributed by atoms with Crippen molar-refractivity contribution in [3.63, 3.8) is 0 Å².